The molecule has 46 heavy (non-hydrogen) atoms. The summed E-state index contributed by atoms with van der Waals surface area (Å²) in [4.78, 5) is 79.6. The quantitative estimate of drug-likeness (QED) is 0.0408. The number of nitrogens with two attached hydrogens (primary N) is 2. The van der Waals surface area contributed by atoms with Crippen LogP contribution in [0.3, 0.4) is 0 Å². The van der Waals surface area contributed by atoms with Crippen molar-refractivity contribution in [3.8, 4) is 5.75 Å². The minimum Gasteiger partial charge on any atom is -0.508 e. The van der Waals surface area contributed by atoms with E-state index >= 15 is 0 Å². The van der Waals surface area contributed by atoms with Crippen LogP contribution in [-0.4, -0.2) is 103 Å². The number of guanidine groups is 1. The van der Waals surface area contributed by atoms with Crippen LogP contribution >= 0.6 is 0 Å². The van der Waals surface area contributed by atoms with E-state index in [4.69, 9.17) is 11.5 Å². The van der Waals surface area contributed by atoms with Crippen molar-refractivity contribution in [2.75, 3.05) is 26.7 Å². The van der Waals surface area contributed by atoms with Gasteiger partial charge in [-0.05, 0) is 36.5 Å². The lowest BCUT2D eigenvalue weighted by Gasteiger charge is -2.26. The van der Waals surface area contributed by atoms with E-state index in [0.717, 1.165) is 0 Å². The van der Waals surface area contributed by atoms with Crippen molar-refractivity contribution in [2.24, 2.45) is 22.4 Å². The maximum atomic E-state index is 13.2. The number of phenols is 1. The number of hydrogen-bond acceptors (Lipinski definition) is 9. The van der Waals surface area contributed by atoms with Gasteiger partial charge in [0.2, 0.25) is 35.4 Å². The smallest absolute Gasteiger partial charge is 0.245 e. The van der Waals surface area contributed by atoms with Gasteiger partial charge in [-0.25, -0.2) is 0 Å². The molecule has 1 aromatic carbocycles. The Kier molecular flexibility index (Phi) is 17.1. The van der Waals surface area contributed by atoms with E-state index in [1.807, 2.05) is 6.92 Å². The van der Waals surface area contributed by atoms with Crippen LogP contribution in [0.15, 0.2) is 29.3 Å². The van der Waals surface area contributed by atoms with Gasteiger partial charge in [-0.15, -0.1) is 0 Å². The van der Waals surface area contributed by atoms with E-state index in [2.05, 4.69) is 36.9 Å². The molecule has 6 amide bonds. The molecule has 17 heteroatoms. The van der Waals surface area contributed by atoms with Crippen LogP contribution in [0.1, 0.15) is 45.6 Å². The number of aromatic hydroxyl groups is 1. The standard InChI is InChI=1S/C29H47N9O8/c1-5-16(2)24(38-26(44)21(35-17(3)40)13-18-8-10-19(41)11-9-18)28(46)34-14-23(42)36-22(15-39)27(45)37-20(25(43)32-4)7-6-12-33-29(30)31/h8-11,16,20-22,24,39,41H,5-7,12-15H2,1-4H3,(H,32,43)(H,34,46)(H,35,40)(H,36,42)(H,37,45)(H,38,44)(H4,30,31,33). The average Bonchev–Trinajstić information content (AvgIpc) is 3.01. The molecule has 0 fully saturated rings. The van der Waals surface area contributed by atoms with Crippen LogP contribution in [0, 0.1) is 5.92 Å². The average molecular weight is 650 g/mol. The second-order valence-electron chi connectivity index (χ2n) is 10.6. The Hall–Kier alpha value is -4.93. The molecule has 0 aromatic heterocycles. The SMILES string of the molecule is CCC(C)C(NC(=O)C(Cc1ccc(O)cc1)NC(C)=O)C(=O)NCC(=O)NC(CO)C(=O)NC(CCCN=C(N)N)C(=O)NC. The van der Waals surface area contributed by atoms with E-state index in [-0.39, 0.29) is 37.0 Å². The Morgan fingerprint density at radius 1 is 0.870 bits per heavy atom. The molecule has 1 rings (SSSR count). The first kappa shape index (κ1) is 39.1. The molecule has 0 saturated heterocycles. The molecule has 0 spiro atoms. The number of benzene rings is 1. The Balaban J connectivity index is 2.85. The van der Waals surface area contributed by atoms with Crippen LogP contribution in [0.4, 0.5) is 0 Å². The van der Waals surface area contributed by atoms with Crippen molar-refractivity contribution < 1.29 is 39.0 Å². The number of aliphatic hydroxyl groups excluding tert-OH is 1. The summed E-state index contributed by atoms with van der Waals surface area (Å²) < 4.78 is 0. The Labute approximate surface area is 267 Å². The number of phenolic OH excluding ortho intramolecular Hbond substituents is 1. The van der Waals surface area contributed by atoms with E-state index in [1.54, 1.807) is 19.1 Å². The van der Waals surface area contributed by atoms with Crippen LogP contribution in [0.2, 0.25) is 0 Å². The molecule has 0 heterocycles. The highest BCUT2D eigenvalue weighted by Gasteiger charge is 2.31. The molecule has 0 aliphatic carbocycles. The summed E-state index contributed by atoms with van der Waals surface area (Å²) >= 11 is 0. The second kappa shape index (κ2) is 20.2. The minimum atomic E-state index is -1.43. The third-order valence-corrected chi connectivity index (χ3v) is 6.95. The highest BCUT2D eigenvalue weighted by molar-refractivity contribution is 5.95. The molecule has 0 aliphatic heterocycles. The Morgan fingerprint density at radius 2 is 1.50 bits per heavy atom. The minimum absolute atomic E-state index is 0.0387. The van der Waals surface area contributed by atoms with Crippen LogP contribution in [0.25, 0.3) is 0 Å². The van der Waals surface area contributed by atoms with Gasteiger partial charge in [-0.1, -0.05) is 32.4 Å². The van der Waals surface area contributed by atoms with Gasteiger partial charge >= 0.3 is 0 Å². The van der Waals surface area contributed by atoms with Gasteiger partial charge in [0.15, 0.2) is 5.96 Å². The van der Waals surface area contributed by atoms with Crippen LogP contribution < -0.4 is 43.4 Å². The first-order chi connectivity index (χ1) is 21.7. The lowest BCUT2D eigenvalue weighted by molar-refractivity contribution is -0.134. The van der Waals surface area contributed by atoms with Gasteiger partial charge in [0.05, 0.1) is 13.2 Å². The predicted octanol–water partition coefficient (Wildman–Crippen LogP) is -3.15. The predicted molar refractivity (Wildman–Crippen MR) is 169 cm³/mol. The number of likely N-dealkylation sites (N-methyl/N-ethyl adjacent to an activating group) is 1. The van der Waals surface area contributed by atoms with E-state index < -0.39 is 72.8 Å². The largest absolute Gasteiger partial charge is 0.508 e. The third kappa shape index (κ3) is 14.2. The van der Waals surface area contributed by atoms with Gasteiger partial charge in [0.1, 0.15) is 29.9 Å². The Bertz CT molecular complexity index is 1220. The third-order valence-electron chi connectivity index (χ3n) is 6.95. The van der Waals surface area contributed by atoms with Gasteiger partial charge in [-0.2, -0.15) is 0 Å². The highest BCUT2D eigenvalue weighted by atomic mass is 16.3. The number of rotatable bonds is 19. The summed E-state index contributed by atoms with van der Waals surface area (Å²) in [6.45, 7) is 3.62. The zero-order chi connectivity index (χ0) is 34.8. The number of nitrogens with one attached hydrogen (secondary N) is 6. The molecule has 5 atom stereocenters. The van der Waals surface area contributed by atoms with Gasteiger partial charge in [0.25, 0.3) is 0 Å². The molecular weight excluding hydrogens is 602 g/mol. The van der Waals surface area contributed by atoms with Crippen molar-refractivity contribution in [3.63, 3.8) is 0 Å². The lowest BCUT2D eigenvalue weighted by atomic mass is 9.97. The molecule has 0 radical (unpaired) electrons. The fourth-order valence-electron chi connectivity index (χ4n) is 4.21. The molecule has 0 saturated carbocycles. The van der Waals surface area contributed by atoms with Crippen molar-refractivity contribution in [1.82, 2.24) is 31.9 Å². The summed E-state index contributed by atoms with van der Waals surface area (Å²) in [6.07, 6.45) is 1.10. The van der Waals surface area contributed by atoms with Crippen LogP contribution in [0.5, 0.6) is 5.75 Å². The number of aliphatic hydroxyl groups is 1. The second-order valence-corrected chi connectivity index (χ2v) is 10.6. The number of aliphatic imine (C=N–C) groups is 1. The van der Waals surface area contributed by atoms with Crippen molar-refractivity contribution in [2.45, 2.75) is 70.6 Å². The topological polar surface area (TPSA) is 279 Å². The fourth-order valence-corrected chi connectivity index (χ4v) is 4.21. The molecule has 1 aromatic rings. The molecule has 5 unspecified atom stereocenters. The van der Waals surface area contributed by atoms with Crippen LogP contribution in [-0.2, 0) is 35.2 Å². The van der Waals surface area contributed by atoms with Gasteiger partial charge in [0, 0.05) is 26.9 Å². The number of hydrogen-bond donors (Lipinski definition) is 10. The summed E-state index contributed by atoms with van der Waals surface area (Å²) in [7, 11) is 1.39. The molecule has 12 N–H and O–H groups in total. The van der Waals surface area contributed by atoms with Gasteiger partial charge in [-0.3, -0.25) is 33.8 Å². The summed E-state index contributed by atoms with van der Waals surface area (Å²) in [6, 6.07) is 1.56. The summed E-state index contributed by atoms with van der Waals surface area (Å²) in [5, 5.41) is 34.1. The summed E-state index contributed by atoms with van der Waals surface area (Å²) in [5.74, 6) is -4.38. The molecule has 17 nitrogen and oxygen atoms in total. The van der Waals surface area contributed by atoms with Crippen molar-refractivity contribution in [1.29, 1.82) is 0 Å². The lowest BCUT2D eigenvalue weighted by Crippen LogP contribution is -2.58. The Morgan fingerprint density at radius 3 is 2.04 bits per heavy atom. The maximum Gasteiger partial charge on any atom is 0.245 e. The fraction of sp³-hybridized carbons (Fsp3) is 0.552. The first-order valence-electron chi connectivity index (χ1n) is 14.8. The monoisotopic (exact) mass is 649 g/mol. The van der Waals surface area contributed by atoms with E-state index in [1.165, 1.54) is 26.1 Å². The number of carbonyl (C=O) groups excluding carboxylic acids is 6. The molecule has 256 valence electrons. The maximum absolute atomic E-state index is 13.2. The van der Waals surface area contributed by atoms with Gasteiger partial charge < -0.3 is 53.6 Å². The van der Waals surface area contributed by atoms with E-state index in [0.29, 0.717) is 18.4 Å². The number of nitrogens with zero attached hydrogens (tertiary/aromatic N) is 1. The van der Waals surface area contributed by atoms with Crippen molar-refractivity contribution >= 4 is 41.4 Å². The zero-order valence-electron chi connectivity index (χ0n) is 26.6. The molecular formula is C29H47N9O8. The normalized spacial score (nSPS) is 13.8. The summed E-state index contributed by atoms with van der Waals surface area (Å²) in [5.41, 5.74) is 11.2. The number of carbonyl (C=O) groups is 6. The molecule has 0 aliphatic rings. The first-order valence-corrected chi connectivity index (χ1v) is 14.8. The molecule has 0 bridgehead atoms. The van der Waals surface area contributed by atoms with Crippen molar-refractivity contribution in [3.05, 3.63) is 29.8 Å². The number of amides is 6. The van der Waals surface area contributed by atoms with E-state index in [9.17, 15) is 39.0 Å². The zero-order valence-corrected chi connectivity index (χ0v) is 26.6. The highest BCUT2D eigenvalue weighted by Crippen LogP contribution is 2.13.